The van der Waals surface area contributed by atoms with E-state index in [9.17, 15) is 9.59 Å². The van der Waals surface area contributed by atoms with Crippen LogP contribution in [0.25, 0.3) is 0 Å². The number of aromatic amines is 1. The van der Waals surface area contributed by atoms with Crippen molar-refractivity contribution in [2.75, 3.05) is 11.1 Å². The zero-order valence-electron chi connectivity index (χ0n) is 10.8. The molecule has 2 rings (SSSR count). The van der Waals surface area contributed by atoms with Crippen LogP contribution in [0.15, 0.2) is 28.2 Å². The molecule has 1 aromatic carbocycles. The van der Waals surface area contributed by atoms with Crippen LogP contribution in [0.5, 0.6) is 0 Å². The molecule has 0 saturated heterocycles. The summed E-state index contributed by atoms with van der Waals surface area (Å²) in [5, 5.41) is 11.2. The fourth-order valence-electron chi connectivity index (χ4n) is 1.35. The molecule has 0 aliphatic rings. The monoisotopic (exact) mass is 344 g/mol. The number of amides is 1. The van der Waals surface area contributed by atoms with Gasteiger partial charge in [0.1, 0.15) is 5.69 Å². The Kier molecular flexibility index (Phi) is 5.22. The number of carbonyl (C=O) groups is 1. The Morgan fingerprint density at radius 3 is 2.76 bits per heavy atom. The second kappa shape index (κ2) is 6.93. The molecule has 6 nitrogen and oxygen atoms in total. The second-order valence-corrected chi connectivity index (χ2v) is 5.79. The topological polar surface area (TPSA) is 87.7 Å². The van der Waals surface area contributed by atoms with E-state index in [0.717, 1.165) is 11.8 Å². The molecule has 1 aromatic heterocycles. The maximum atomic E-state index is 11.8. The minimum atomic E-state index is -0.322. The van der Waals surface area contributed by atoms with Crippen LogP contribution in [-0.2, 0) is 4.79 Å². The Balaban J connectivity index is 1.94. The molecule has 0 fully saturated rings. The molecular formula is C12H10Cl2N4O2S. The molecule has 2 aromatic rings. The van der Waals surface area contributed by atoms with E-state index in [0.29, 0.717) is 15.7 Å². The van der Waals surface area contributed by atoms with Crippen LogP contribution in [0.3, 0.4) is 0 Å². The Morgan fingerprint density at radius 1 is 1.33 bits per heavy atom. The number of aryl methyl sites for hydroxylation is 1. The smallest absolute Gasteiger partial charge is 0.273 e. The van der Waals surface area contributed by atoms with Gasteiger partial charge in [-0.15, -0.1) is 10.2 Å². The first-order valence-electron chi connectivity index (χ1n) is 5.77. The summed E-state index contributed by atoms with van der Waals surface area (Å²) >= 11 is 12.7. The first-order valence-corrected chi connectivity index (χ1v) is 7.51. The summed E-state index contributed by atoms with van der Waals surface area (Å²) < 4.78 is 0. The number of thioether (sulfide) groups is 1. The van der Waals surface area contributed by atoms with Gasteiger partial charge in [0.2, 0.25) is 5.91 Å². The lowest BCUT2D eigenvalue weighted by Gasteiger charge is -2.05. The average molecular weight is 345 g/mol. The first-order chi connectivity index (χ1) is 9.95. The van der Waals surface area contributed by atoms with Crippen LogP contribution >= 0.6 is 35.0 Å². The van der Waals surface area contributed by atoms with E-state index in [1.54, 1.807) is 25.1 Å². The fourth-order valence-corrected chi connectivity index (χ4v) is 2.25. The number of H-pyrrole nitrogens is 1. The molecule has 0 aliphatic heterocycles. The van der Waals surface area contributed by atoms with Crippen molar-refractivity contribution in [2.24, 2.45) is 0 Å². The van der Waals surface area contributed by atoms with Gasteiger partial charge < -0.3 is 5.32 Å². The standard InChI is InChI=1S/C12H10Cl2N4O2S/c1-6-11(20)16-12(18-17-6)21-5-10(19)15-7-2-3-8(13)9(14)4-7/h2-4H,5H2,1H3,(H,15,19)(H,16,18,20). The molecule has 21 heavy (non-hydrogen) atoms. The number of aromatic nitrogens is 3. The van der Waals surface area contributed by atoms with E-state index < -0.39 is 0 Å². The summed E-state index contributed by atoms with van der Waals surface area (Å²) in [6.07, 6.45) is 0. The Labute approximate surface area is 134 Å². The number of benzene rings is 1. The summed E-state index contributed by atoms with van der Waals surface area (Å²) in [5.41, 5.74) is 0.496. The van der Waals surface area contributed by atoms with Gasteiger partial charge in [0, 0.05) is 5.69 Å². The molecule has 0 atom stereocenters. The lowest BCUT2D eigenvalue weighted by atomic mass is 10.3. The predicted molar refractivity (Wildman–Crippen MR) is 83.2 cm³/mol. The molecule has 110 valence electrons. The summed E-state index contributed by atoms with van der Waals surface area (Å²) in [4.78, 5) is 25.7. The summed E-state index contributed by atoms with van der Waals surface area (Å²) in [5.74, 6) is -0.185. The SMILES string of the molecule is Cc1nnc(SCC(=O)Nc2ccc(Cl)c(Cl)c2)[nH]c1=O. The first kappa shape index (κ1) is 15.8. The second-order valence-electron chi connectivity index (χ2n) is 4.01. The maximum absolute atomic E-state index is 11.8. The van der Waals surface area contributed by atoms with Gasteiger partial charge in [-0.2, -0.15) is 0 Å². The minimum Gasteiger partial charge on any atom is -0.325 e. The van der Waals surface area contributed by atoms with Crippen molar-refractivity contribution in [3.63, 3.8) is 0 Å². The van der Waals surface area contributed by atoms with Crippen molar-refractivity contribution < 1.29 is 4.79 Å². The van der Waals surface area contributed by atoms with Crippen LogP contribution < -0.4 is 10.9 Å². The lowest BCUT2D eigenvalue weighted by Crippen LogP contribution is -2.17. The van der Waals surface area contributed by atoms with Gasteiger partial charge in [0.25, 0.3) is 5.56 Å². The zero-order chi connectivity index (χ0) is 15.4. The third-order valence-corrected chi connectivity index (χ3v) is 3.99. The van der Waals surface area contributed by atoms with Crippen LogP contribution in [0, 0.1) is 6.92 Å². The molecule has 2 N–H and O–H groups in total. The van der Waals surface area contributed by atoms with E-state index in [1.807, 2.05) is 0 Å². The van der Waals surface area contributed by atoms with E-state index in [1.165, 1.54) is 0 Å². The largest absolute Gasteiger partial charge is 0.325 e. The van der Waals surface area contributed by atoms with Crippen molar-refractivity contribution in [2.45, 2.75) is 12.1 Å². The number of carbonyl (C=O) groups excluding carboxylic acids is 1. The Morgan fingerprint density at radius 2 is 2.10 bits per heavy atom. The normalized spacial score (nSPS) is 10.4. The Hall–Kier alpha value is -1.57. The van der Waals surface area contributed by atoms with Crippen molar-refractivity contribution in [3.05, 3.63) is 44.3 Å². The van der Waals surface area contributed by atoms with Gasteiger partial charge >= 0.3 is 0 Å². The summed E-state index contributed by atoms with van der Waals surface area (Å²) in [7, 11) is 0. The van der Waals surface area contributed by atoms with Gasteiger partial charge in [0.15, 0.2) is 5.16 Å². The third-order valence-electron chi connectivity index (χ3n) is 2.38. The highest BCUT2D eigenvalue weighted by atomic mass is 35.5. The molecule has 0 aliphatic carbocycles. The number of halogens is 2. The maximum Gasteiger partial charge on any atom is 0.273 e. The predicted octanol–water partition coefficient (Wildman–Crippen LogP) is 2.51. The highest BCUT2D eigenvalue weighted by Crippen LogP contribution is 2.25. The summed E-state index contributed by atoms with van der Waals surface area (Å²) in [6, 6.07) is 4.79. The molecule has 0 saturated carbocycles. The third kappa shape index (κ3) is 4.45. The number of rotatable bonds is 4. The van der Waals surface area contributed by atoms with Crippen LogP contribution in [0.2, 0.25) is 10.0 Å². The molecule has 0 radical (unpaired) electrons. The number of anilines is 1. The van der Waals surface area contributed by atoms with Crippen LogP contribution in [-0.4, -0.2) is 26.8 Å². The van der Waals surface area contributed by atoms with E-state index >= 15 is 0 Å². The van der Waals surface area contributed by atoms with Crippen LogP contribution in [0.4, 0.5) is 5.69 Å². The van der Waals surface area contributed by atoms with E-state index in [2.05, 4.69) is 20.5 Å². The van der Waals surface area contributed by atoms with Crippen molar-refractivity contribution in [1.29, 1.82) is 0 Å². The zero-order valence-corrected chi connectivity index (χ0v) is 13.1. The minimum absolute atomic E-state index is 0.0773. The highest BCUT2D eigenvalue weighted by Gasteiger charge is 2.07. The molecule has 0 spiro atoms. The van der Waals surface area contributed by atoms with Crippen molar-refractivity contribution in [1.82, 2.24) is 15.2 Å². The quantitative estimate of drug-likeness (QED) is 0.832. The molecule has 9 heteroatoms. The summed E-state index contributed by atoms with van der Waals surface area (Å²) in [6.45, 7) is 1.55. The molecule has 1 amide bonds. The average Bonchev–Trinajstić information content (AvgIpc) is 2.44. The molecular weight excluding hydrogens is 335 g/mol. The van der Waals surface area contributed by atoms with Crippen LogP contribution in [0.1, 0.15) is 5.69 Å². The molecule has 1 heterocycles. The molecule has 0 unspecified atom stereocenters. The fraction of sp³-hybridized carbons (Fsp3) is 0.167. The van der Waals surface area contributed by atoms with Gasteiger partial charge in [-0.05, 0) is 25.1 Å². The number of hydrogen-bond donors (Lipinski definition) is 2. The van der Waals surface area contributed by atoms with Gasteiger partial charge in [-0.25, -0.2) is 0 Å². The van der Waals surface area contributed by atoms with Gasteiger partial charge in [0.05, 0.1) is 15.8 Å². The van der Waals surface area contributed by atoms with Gasteiger partial charge in [-0.3, -0.25) is 14.6 Å². The van der Waals surface area contributed by atoms with E-state index in [-0.39, 0.29) is 28.1 Å². The van der Waals surface area contributed by atoms with E-state index in [4.69, 9.17) is 23.2 Å². The van der Waals surface area contributed by atoms with Gasteiger partial charge in [-0.1, -0.05) is 35.0 Å². The molecule has 0 bridgehead atoms. The highest BCUT2D eigenvalue weighted by molar-refractivity contribution is 7.99. The Bertz CT molecular complexity index is 735. The lowest BCUT2D eigenvalue weighted by molar-refractivity contribution is -0.113. The number of nitrogens with zero attached hydrogens (tertiary/aromatic N) is 2. The van der Waals surface area contributed by atoms with Crippen molar-refractivity contribution >= 4 is 46.6 Å². The number of nitrogens with one attached hydrogen (secondary N) is 2. The van der Waals surface area contributed by atoms with Crippen molar-refractivity contribution in [3.8, 4) is 0 Å². The number of hydrogen-bond acceptors (Lipinski definition) is 5.